The molecule has 1 aromatic rings. The lowest BCUT2D eigenvalue weighted by Gasteiger charge is -2.31. The molecule has 1 aliphatic rings. The second-order valence-electron chi connectivity index (χ2n) is 6.39. The molecule has 1 aliphatic heterocycles. The quantitative estimate of drug-likeness (QED) is 0.666. The molecule has 1 aromatic carbocycles. The summed E-state index contributed by atoms with van der Waals surface area (Å²) in [4.78, 5) is 18.7. The van der Waals surface area contributed by atoms with E-state index in [0.717, 1.165) is 30.8 Å². The van der Waals surface area contributed by atoms with E-state index in [0.29, 0.717) is 24.1 Å². The average molecular weight is 319 g/mol. The minimum Gasteiger partial charge on any atom is -0.494 e. The molecule has 0 spiro atoms. The van der Waals surface area contributed by atoms with Gasteiger partial charge in [0.15, 0.2) is 0 Å². The molecule has 5 nitrogen and oxygen atoms in total. The first-order valence-electron chi connectivity index (χ1n) is 8.34. The summed E-state index contributed by atoms with van der Waals surface area (Å²) in [5, 5.41) is 4.12. The molecular formula is C18H27N2O3+. The molecule has 1 saturated heterocycles. The fourth-order valence-corrected chi connectivity index (χ4v) is 2.68. The Kier molecular flexibility index (Phi) is 6.16. The zero-order valence-corrected chi connectivity index (χ0v) is 14.5. The summed E-state index contributed by atoms with van der Waals surface area (Å²) < 4.78 is 5.50. The van der Waals surface area contributed by atoms with Crippen LogP contribution in [0.4, 0.5) is 0 Å². The van der Waals surface area contributed by atoms with Crippen LogP contribution in [0.3, 0.4) is 0 Å². The molecule has 5 heteroatoms. The second kappa shape index (κ2) is 8.11. The summed E-state index contributed by atoms with van der Waals surface area (Å²) in [5.41, 5.74) is 1.46. The van der Waals surface area contributed by atoms with Crippen LogP contribution in [0.5, 0.6) is 5.75 Å². The predicted molar refractivity (Wildman–Crippen MR) is 90.1 cm³/mol. The first kappa shape index (κ1) is 17.5. The van der Waals surface area contributed by atoms with E-state index in [-0.39, 0.29) is 0 Å². The van der Waals surface area contributed by atoms with Crippen molar-refractivity contribution in [2.45, 2.75) is 39.7 Å². The van der Waals surface area contributed by atoms with Crippen LogP contribution < -0.4 is 9.64 Å². The maximum Gasteiger partial charge on any atom is 0.365 e. The molecule has 1 fully saturated rings. The van der Waals surface area contributed by atoms with Gasteiger partial charge in [0.25, 0.3) is 0 Å². The zero-order chi connectivity index (χ0) is 16.8. The molecular weight excluding hydrogens is 292 g/mol. The monoisotopic (exact) mass is 319 g/mol. The van der Waals surface area contributed by atoms with Gasteiger partial charge in [-0.25, -0.2) is 4.79 Å². The molecule has 23 heavy (non-hydrogen) atoms. The number of hydrogen-bond acceptors (Lipinski definition) is 4. The van der Waals surface area contributed by atoms with Crippen molar-refractivity contribution in [2.75, 3.05) is 20.2 Å². The highest BCUT2D eigenvalue weighted by molar-refractivity contribution is 5.91. The van der Waals surface area contributed by atoms with Gasteiger partial charge in [-0.05, 0) is 37.6 Å². The number of rotatable bonds is 5. The van der Waals surface area contributed by atoms with Crippen molar-refractivity contribution in [3.63, 3.8) is 0 Å². The number of nitrogens with one attached hydrogen (secondary N) is 1. The van der Waals surface area contributed by atoms with E-state index in [4.69, 9.17) is 9.57 Å². The van der Waals surface area contributed by atoms with Gasteiger partial charge in [0.05, 0.1) is 37.5 Å². The van der Waals surface area contributed by atoms with E-state index in [1.54, 1.807) is 24.3 Å². The van der Waals surface area contributed by atoms with Crippen molar-refractivity contribution in [3.8, 4) is 5.75 Å². The van der Waals surface area contributed by atoms with Crippen LogP contribution in [0.15, 0.2) is 29.4 Å². The highest BCUT2D eigenvalue weighted by atomic mass is 16.7. The number of ether oxygens (including phenoxy) is 1. The number of oxime groups is 1. The van der Waals surface area contributed by atoms with Crippen molar-refractivity contribution >= 4 is 11.7 Å². The molecule has 1 unspecified atom stereocenters. The number of quaternary nitrogens is 1. The summed E-state index contributed by atoms with van der Waals surface area (Å²) in [5.74, 6) is 0.671. The minimum atomic E-state index is -0.425. The van der Waals surface area contributed by atoms with Crippen LogP contribution in [0.25, 0.3) is 0 Å². The van der Waals surface area contributed by atoms with Gasteiger partial charge in [0, 0.05) is 12.3 Å². The molecule has 0 amide bonds. The number of carbonyl (C=O) groups is 1. The Morgan fingerprint density at radius 1 is 1.30 bits per heavy atom. The number of carbonyl (C=O) groups excluding carboxylic acids is 1. The molecule has 3 atom stereocenters. The molecule has 126 valence electrons. The lowest BCUT2D eigenvalue weighted by Crippen LogP contribution is -3.14. The van der Waals surface area contributed by atoms with E-state index < -0.39 is 5.97 Å². The number of hydrogen-bond donors (Lipinski definition) is 1. The molecule has 0 aliphatic carbocycles. The maximum atomic E-state index is 12.1. The topological polar surface area (TPSA) is 52.3 Å². The number of piperidine rings is 1. The van der Waals surface area contributed by atoms with Crippen LogP contribution in [0.2, 0.25) is 0 Å². The normalized spacial score (nSPS) is 26.1. The van der Waals surface area contributed by atoms with Crippen LogP contribution in [-0.2, 0) is 4.84 Å². The van der Waals surface area contributed by atoms with Crippen LogP contribution in [0.1, 0.15) is 44.0 Å². The van der Waals surface area contributed by atoms with Crippen molar-refractivity contribution in [3.05, 3.63) is 29.8 Å². The molecule has 1 heterocycles. The maximum absolute atomic E-state index is 12.1. The molecule has 0 bridgehead atoms. The Balaban J connectivity index is 1.95. The largest absolute Gasteiger partial charge is 0.494 e. The number of likely N-dealkylation sites (tertiary alicyclic amines) is 1. The molecule has 1 N–H and O–H groups in total. The van der Waals surface area contributed by atoms with E-state index in [9.17, 15) is 4.79 Å². The summed E-state index contributed by atoms with van der Waals surface area (Å²) in [6.45, 7) is 8.05. The van der Waals surface area contributed by atoms with E-state index in [1.165, 1.54) is 4.90 Å². The Hall–Kier alpha value is -1.88. The van der Waals surface area contributed by atoms with Gasteiger partial charge < -0.3 is 14.5 Å². The smallest absolute Gasteiger partial charge is 0.365 e. The average Bonchev–Trinajstić information content (AvgIpc) is 2.55. The third-order valence-corrected chi connectivity index (χ3v) is 4.36. The first-order chi connectivity index (χ1) is 11.0. The van der Waals surface area contributed by atoms with Crippen LogP contribution in [0, 0.1) is 5.92 Å². The summed E-state index contributed by atoms with van der Waals surface area (Å²) >= 11 is 0. The van der Waals surface area contributed by atoms with Gasteiger partial charge in [0.2, 0.25) is 0 Å². The van der Waals surface area contributed by atoms with Gasteiger partial charge in [-0.1, -0.05) is 19.0 Å². The first-order valence-corrected chi connectivity index (χ1v) is 8.34. The zero-order valence-electron chi connectivity index (χ0n) is 14.5. The van der Waals surface area contributed by atoms with Gasteiger partial charge in [-0.3, -0.25) is 0 Å². The van der Waals surface area contributed by atoms with Gasteiger partial charge >= 0.3 is 5.97 Å². The fourth-order valence-electron chi connectivity index (χ4n) is 2.68. The predicted octanol–water partition coefficient (Wildman–Crippen LogP) is 1.93. The van der Waals surface area contributed by atoms with Gasteiger partial charge in [0.1, 0.15) is 5.75 Å². The summed E-state index contributed by atoms with van der Waals surface area (Å²) in [6, 6.07) is 7.47. The Labute approximate surface area is 138 Å². The van der Waals surface area contributed by atoms with Crippen LogP contribution >= 0.6 is 0 Å². The lowest BCUT2D eigenvalue weighted by molar-refractivity contribution is -0.908. The second-order valence-corrected chi connectivity index (χ2v) is 6.39. The van der Waals surface area contributed by atoms with Crippen molar-refractivity contribution < 1.29 is 19.3 Å². The number of nitrogens with zero attached hydrogens (tertiary/aromatic N) is 1. The summed E-state index contributed by atoms with van der Waals surface area (Å²) in [6.07, 6.45) is 1.82. The SMILES string of the molecule is CCCOc1ccc(C(=O)O/N=C2/C[C@H](C)[NH+](C)C[C@@H]2C)cc1. The lowest BCUT2D eigenvalue weighted by atomic mass is 9.93. The molecule has 0 saturated carbocycles. The molecule has 2 rings (SSSR count). The Morgan fingerprint density at radius 2 is 2.00 bits per heavy atom. The van der Waals surface area contributed by atoms with E-state index in [1.807, 2.05) is 0 Å². The fraction of sp³-hybridized carbons (Fsp3) is 0.556. The van der Waals surface area contributed by atoms with Gasteiger partial charge in [-0.2, -0.15) is 0 Å². The Morgan fingerprint density at radius 3 is 2.65 bits per heavy atom. The molecule has 0 radical (unpaired) electrons. The van der Waals surface area contributed by atoms with E-state index in [2.05, 4.69) is 33.0 Å². The molecule has 0 aromatic heterocycles. The standard InChI is InChI=1S/C18H26N2O3/c1-5-10-22-16-8-6-15(7-9-16)18(21)23-19-17-11-14(3)20(4)12-13(17)2/h6-9,13-14H,5,10-12H2,1-4H3/p+1/b19-17-/t13-,14-/m0/s1. The summed E-state index contributed by atoms with van der Waals surface area (Å²) in [7, 11) is 2.19. The third kappa shape index (κ3) is 4.79. The van der Waals surface area contributed by atoms with E-state index >= 15 is 0 Å². The van der Waals surface area contributed by atoms with Crippen LogP contribution in [-0.4, -0.2) is 37.9 Å². The van der Waals surface area contributed by atoms with Gasteiger partial charge in [-0.15, -0.1) is 0 Å². The highest BCUT2D eigenvalue weighted by Gasteiger charge is 2.29. The highest BCUT2D eigenvalue weighted by Crippen LogP contribution is 2.14. The number of benzene rings is 1. The third-order valence-electron chi connectivity index (χ3n) is 4.36. The van der Waals surface area contributed by atoms with Crippen molar-refractivity contribution in [1.29, 1.82) is 0 Å². The minimum absolute atomic E-state index is 0.337. The van der Waals surface area contributed by atoms with Crippen molar-refractivity contribution in [2.24, 2.45) is 11.1 Å². The van der Waals surface area contributed by atoms with Crippen molar-refractivity contribution in [1.82, 2.24) is 0 Å². The Bertz CT molecular complexity index is 554.